The molecular formula is C39H31N3. The van der Waals surface area contributed by atoms with Crippen molar-refractivity contribution in [2.24, 2.45) is 0 Å². The summed E-state index contributed by atoms with van der Waals surface area (Å²) in [5.74, 6) is 0. The molecule has 9 rings (SSSR count). The zero-order valence-electron chi connectivity index (χ0n) is 23.7. The molecular weight excluding hydrogens is 510 g/mol. The highest BCUT2D eigenvalue weighted by atomic mass is 15.3. The molecule has 0 radical (unpaired) electrons. The Balaban J connectivity index is 1.33. The van der Waals surface area contributed by atoms with E-state index < -0.39 is 0 Å². The summed E-state index contributed by atoms with van der Waals surface area (Å²) >= 11 is 0. The maximum absolute atomic E-state index is 4.14. The molecule has 202 valence electrons. The second kappa shape index (κ2) is 8.58. The van der Waals surface area contributed by atoms with Crippen LogP contribution < -0.4 is 10.6 Å². The molecule has 2 unspecified atom stereocenters. The Kier molecular flexibility index (Phi) is 4.86. The van der Waals surface area contributed by atoms with E-state index in [0.29, 0.717) is 0 Å². The van der Waals surface area contributed by atoms with Crippen LogP contribution >= 0.6 is 0 Å². The number of nitrogens with zero attached hydrogens (tertiary/aromatic N) is 1. The number of aromatic nitrogens is 1. The second-order valence-electron chi connectivity index (χ2n) is 12.3. The average Bonchev–Trinajstić information content (AvgIpc) is 3.47. The summed E-state index contributed by atoms with van der Waals surface area (Å²) in [6, 6.07) is 46.7. The molecule has 0 amide bonds. The summed E-state index contributed by atoms with van der Waals surface area (Å²) in [5.41, 5.74) is 8.99. The van der Waals surface area contributed by atoms with Crippen molar-refractivity contribution in [3.8, 4) is 0 Å². The number of fused-ring (bicyclic) bond motifs is 7. The van der Waals surface area contributed by atoms with Crippen LogP contribution in [0.25, 0.3) is 48.9 Å². The number of nitrogens with one attached hydrogen (secondary N) is 2. The smallest absolute Gasteiger partial charge is 0.160 e. The van der Waals surface area contributed by atoms with Crippen LogP contribution in [0.5, 0.6) is 0 Å². The van der Waals surface area contributed by atoms with Crippen LogP contribution in [0.3, 0.4) is 0 Å². The molecule has 0 spiro atoms. The molecule has 0 bridgehead atoms. The van der Waals surface area contributed by atoms with Crippen LogP contribution in [0.4, 0.5) is 0 Å². The Hall–Kier alpha value is -4.86. The number of rotatable bonds is 2. The van der Waals surface area contributed by atoms with Crippen molar-refractivity contribution < 1.29 is 0 Å². The van der Waals surface area contributed by atoms with Gasteiger partial charge in [-0.1, -0.05) is 123 Å². The normalized spacial score (nSPS) is 19.4. The van der Waals surface area contributed by atoms with Gasteiger partial charge in [0.15, 0.2) is 6.29 Å². The zero-order valence-corrected chi connectivity index (χ0v) is 23.7. The molecule has 3 heteroatoms. The lowest BCUT2D eigenvalue weighted by Crippen LogP contribution is -2.47. The van der Waals surface area contributed by atoms with Gasteiger partial charge in [-0.15, -0.1) is 0 Å². The molecule has 2 N–H and O–H groups in total. The molecule has 3 nitrogen and oxygen atoms in total. The van der Waals surface area contributed by atoms with E-state index in [9.17, 15) is 0 Å². The van der Waals surface area contributed by atoms with Crippen molar-refractivity contribution in [1.82, 2.24) is 15.2 Å². The summed E-state index contributed by atoms with van der Waals surface area (Å²) in [5, 5.41) is 15.8. The molecule has 2 aliphatic rings. The third-order valence-electron chi connectivity index (χ3n) is 9.65. The van der Waals surface area contributed by atoms with Gasteiger partial charge in [-0.2, -0.15) is 0 Å². The predicted octanol–water partition coefficient (Wildman–Crippen LogP) is 9.19. The fourth-order valence-electron chi connectivity index (χ4n) is 7.70. The molecule has 0 saturated carbocycles. The van der Waals surface area contributed by atoms with Gasteiger partial charge >= 0.3 is 0 Å². The number of hydrogen-bond donors (Lipinski definition) is 2. The zero-order chi connectivity index (χ0) is 28.0. The first-order chi connectivity index (χ1) is 20.6. The fraction of sp³-hybridized carbons (Fsp3) is 0.128. The Morgan fingerprint density at radius 1 is 0.595 bits per heavy atom. The van der Waals surface area contributed by atoms with Gasteiger partial charge in [0.05, 0.1) is 17.1 Å². The Morgan fingerprint density at radius 3 is 2.12 bits per heavy atom. The minimum absolute atomic E-state index is 0.0111. The predicted molar refractivity (Wildman–Crippen MR) is 175 cm³/mol. The largest absolute Gasteiger partial charge is 0.355 e. The van der Waals surface area contributed by atoms with E-state index in [4.69, 9.17) is 0 Å². The van der Waals surface area contributed by atoms with Crippen molar-refractivity contribution in [2.45, 2.75) is 31.6 Å². The van der Waals surface area contributed by atoms with E-state index in [-0.39, 0.29) is 17.7 Å². The van der Waals surface area contributed by atoms with Gasteiger partial charge < -0.3 is 9.88 Å². The molecule has 7 aromatic rings. The maximum atomic E-state index is 4.14. The molecule has 0 saturated heterocycles. The molecule has 0 fully saturated rings. The number of para-hydroxylation sites is 1. The second-order valence-corrected chi connectivity index (χ2v) is 12.3. The van der Waals surface area contributed by atoms with Crippen LogP contribution in [0.2, 0.25) is 0 Å². The third-order valence-corrected chi connectivity index (χ3v) is 9.65. The Labute approximate surface area is 245 Å². The van der Waals surface area contributed by atoms with Crippen LogP contribution in [-0.2, 0) is 5.41 Å². The SMILES string of the molecule is CC1(C)C2=C(c3ccccc31)C(c1cccc3ccccc13)NC(n1c3ccccc3c3cc4ccccc4cc31)N2. The number of hydrogen-bond acceptors (Lipinski definition) is 2. The standard InChI is InChI=1S/C39H31N3/c1-39(2)32-20-9-7-18-30(32)35-36(29-19-11-15-24-12-5-6-16-27(24)29)40-38(41-37(35)39)42-33-21-10-8-17-28(33)31-22-25-13-3-4-14-26(25)23-34(31)42/h3-23,36,38,40-41H,1-2H3. The van der Waals surface area contributed by atoms with E-state index in [1.54, 1.807) is 0 Å². The minimum Gasteiger partial charge on any atom is -0.355 e. The average molecular weight is 542 g/mol. The molecule has 2 atom stereocenters. The van der Waals surface area contributed by atoms with Gasteiger partial charge in [0, 0.05) is 27.5 Å². The topological polar surface area (TPSA) is 29.0 Å². The van der Waals surface area contributed by atoms with Gasteiger partial charge in [-0.25, -0.2) is 0 Å². The first-order valence-corrected chi connectivity index (χ1v) is 14.9. The summed E-state index contributed by atoms with van der Waals surface area (Å²) in [6.45, 7) is 4.73. The van der Waals surface area contributed by atoms with Crippen molar-refractivity contribution in [3.63, 3.8) is 0 Å². The maximum Gasteiger partial charge on any atom is 0.160 e. The Morgan fingerprint density at radius 2 is 1.26 bits per heavy atom. The van der Waals surface area contributed by atoms with Crippen LogP contribution in [-0.4, -0.2) is 4.57 Å². The van der Waals surface area contributed by atoms with Crippen LogP contribution in [0, 0.1) is 0 Å². The van der Waals surface area contributed by atoms with E-state index in [1.807, 2.05) is 0 Å². The lowest BCUT2D eigenvalue weighted by atomic mass is 9.84. The summed E-state index contributed by atoms with van der Waals surface area (Å²) in [7, 11) is 0. The van der Waals surface area contributed by atoms with Gasteiger partial charge in [0.25, 0.3) is 0 Å². The lowest BCUT2D eigenvalue weighted by molar-refractivity contribution is 0.320. The molecule has 42 heavy (non-hydrogen) atoms. The van der Waals surface area contributed by atoms with E-state index in [2.05, 4.69) is 156 Å². The van der Waals surface area contributed by atoms with Gasteiger partial charge in [0.1, 0.15) is 0 Å². The first kappa shape index (κ1) is 23.8. The van der Waals surface area contributed by atoms with Crippen molar-refractivity contribution in [3.05, 3.63) is 150 Å². The van der Waals surface area contributed by atoms with Crippen LogP contribution in [0.1, 0.15) is 42.9 Å². The molecule has 1 aromatic heterocycles. The highest BCUT2D eigenvalue weighted by Gasteiger charge is 2.45. The third kappa shape index (κ3) is 3.20. The number of benzene rings is 6. The molecule has 1 aliphatic carbocycles. The monoisotopic (exact) mass is 541 g/mol. The highest BCUT2D eigenvalue weighted by Crippen LogP contribution is 2.53. The molecule has 6 aromatic carbocycles. The quantitative estimate of drug-likeness (QED) is 0.228. The number of allylic oxidation sites excluding steroid dienone is 1. The van der Waals surface area contributed by atoms with Gasteiger partial charge in [0.2, 0.25) is 0 Å². The first-order valence-electron chi connectivity index (χ1n) is 14.9. The highest BCUT2D eigenvalue weighted by molar-refractivity contribution is 6.12. The van der Waals surface area contributed by atoms with Crippen molar-refractivity contribution >= 4 is 48.9 Å². The van der Waals surface area contributed by atoms with Gasteiger partial charge in [-0.05, 0) is 56.4 Å². The summed E-state index contributed by atoms with van der Waals surface area (Å²) in [6.07, 6.45) is -0.148. The van der Waals surface area contributed by atoms with E-state index in [1.165, 1.54) is 71.3 Å². The van der Waals surface area contributed by atoms with Crippen molar-refractivity contribution in [1.29, 1.82) is 0 Å². The Bertz CT molecular complexity index is 2240. The van der Waals surface area contributed by atoms with E-state index >= 15 is 0 Å². The van der Waals surface area contributed by atoms with Crippen molar-refractivity contribution in [2.75, 3.05) is 0 Å². The minimum atomic E-state index is -0.152. The van der Waals surface area contributed by atoms with E-state index in [0.717, 1.165) is 0 Å². The molecule has 1 aliphatic heterocycles. The van der Waals surface area contributed by atoms with Gasteiger partial charge in [-0.3, -0.25) is 5.32 Å². The fourth-order valence-corrected chi connectivity index (χ4v) is 7.70. The van der Waals surface area contributed by atoms with Crippen LogP contribution in [0.15, 0.2) is 133 Å². The molecule has 2 heterocycles. The summed E-state index contributed by atoms with van der Waals surface area (Å²) < 4.78 is 2.48. The summed E-state index contributed by atoms with van der Waals surface area (Å²) in [4.78, 5) is 0. The lowest BCUT2D eigenvalue weighted by Gasteiger charge is -2.39.